The van der Waals surface area contributed by atoms with E-state index in [9.17, 15) is 13.2 Å². The third-order valence-corrected chi connectivity index (χ3v) is 5.90. The van der Waals surface area contributed by atoms with Gasteiger partial charge in [-0.15, -0.1) is 0 Å². The van der Waals surface area contributed by atoms with Crippen molar-refractivity contribution in [3.63, 3.8) is 0 Å². The Labute approximate surface area is 132 Å². The van der Waals surface area contributed by atoms with Gasteiger partial charge in [-0.25, -0.2) is 8.42 Å². The molecule has 1 aromatic carbocycles. The van der Waals surface area contributed by atoms with Gasteiger partial charge >= 0.3 is 0 Å². The van der Waals surface area contributed by atoms with Crippen molar-refractivity contribution in [1.29, 1.82) is 0 Å². The summed E-state index contributed by atoms with van der Waals surface area (Å²) < 4.78 is 27.3. The zero-order chi connectivity index (χ0) is 15.6. The second-order valence-corrected chi connectivity index (χ2v) is 7.88. The summed E-state index contributed by atoms with van der Waals surface area (Å²) in [6.07, 6.45) is 1.21. The number of carbonyl (C=O) groups is 1. The average Bonchev–Trinajstić information content (AvgIpc) is 2.41. The fraction of sp³-hybridized carbons (Fsp3) is 0.462. The minimum atomic E-state index is -3.60. The van der Waals surface area contributed by atoms with E-state index in [-0.39, 0.29) is 22.5 Å². The lowest BCUT2D eigenvalue weighted by molar-refractivity contribution is -0.119. The van der Waals surface area contributed by atoms with Gasteiger partial charge in [0.2, 0.25) is 15.9 Å². The van der Waals surface area contributed by atoms with Crippen LogP contribution >= 0.6 is 15.9 Å². The second-order valence-electron chi connectivity index (χ2n) is 5.06. The Morgan fingerprint density at radius 1 is 1.38 bits per heavy atom. The maximum atomic E-state index is 12.6. The zero-order valence-electron chi connectivity index (χ0n) is 11.7. The fourth-order valence-electron chi connectivity index (χ4n) is 2.40. The minimum absolute atomic E-state index is 0.0359. The third kappa shape index (κ3) is 3.75. The Bertz CT molecular complexity index is 640. The highest BCUT2D eigenvalue weighted by molar-refractivity contribution is 9.10. The topological polar surface area (TPSA) is 92.5 Å². The average molecular weight is 376 g/mol. The molecular formula is C13H18BrN3O3S. The van der Waals surface area contributed by atoms with E-state index >= 15 is 0 Å². The molecule has 1 saturated heterocycles. The summed E-state index contributed by atoms with van der Waals surface area (Å²) >= 11 is 3.26. The summed E-state index contributed by atoms with van der Waals surface area (Å²) in [6.45, 7) is 2.21. The quantitative estimate of drug-likeness (QED) is 0.779. The van der Waals surface area contributed by atoms with Crippen molar-refractivity contribution in [1.82, 2.24) is 9.62 Å². The van der Waals surface area contributed by atoms with Crippen molar-refractivity contribution >= 4 is 37.5 Å². The monoisotopic (exact) mass is 375 g/mol. The SMILES string of the molecule is CC(=O)NC1CCN(S(=O)(=O)c2cc(Br)ccc2N)CC1. The highest BCUT2D eigenvalue weighted by Gasteiger charge is 2.31. The molecule has 1 aliphatic heterocycles. The highest BCUT2D eigenvalue weighted by atomic mass is 79.9. The first-order valence-electron chi connectivity index (χ1n) is 6.63. The lowest BCUT2D eigenvalue weighted by Crippen LogP contribution is -2.46. The number of carbonyl (C=O) groups excluding carboxylic acids is 1. The van der Waals surface area contributed by atoms with E-state index < -0.39 is 10.0 Å². The van der Waals surface area contributed by atoms with Gasteiger partial charge < -0.3 is 11.1 Å². The molecule has 6 nitrogen and oxygen atoms in total. The van der Waals surface area contributed by atoms with Crippen LogP contribution in [0.15, 0.2) is 27.6 Å². The van der Waals surface area contributed by atoms with Crippen LogP contribution in [0.4, 0.5) is 5.69 Å². The van der Waals surface area contributed by atoms with Gasteiger partial charge in [0.1, 0.15) is 4.90 Å². The number of hydrogen-bond donors (Lipinski definition) is 2. The molecular weight excluding hydrogens is 358 g/mol. The van der Waals surface area contributed by atoms with Crippen LogP contribution in [0.25, 0.3) is 0 Å². The smallest absolute Gasteiger partial charge is 0.245 e. The molecule has 0 bridgehead atoms. The van der Waals surface area contributed by atoms with Crippen molar-refractivity contribution < 1.29 is 13.2 Å². The number of sulfonamides is 1. The van der Waals surface area contributed by atoms with Crippen LogP contribution in [-0.2, 0) is 14.8 Å². The number of nitrogens with zero attached hydrogens (tertiary/aromatic N) is 1. The van der Waals surface area contributed by atoms with E-state index in [0.717, 1.165) is 0 Å². The first-order chi connectivity index (χ1) is 9.80. The van der Waals surface area contributed by atoms with Gasteiger partial charge in [0, 0.05) is 30.5 Å². The highest BCUT2D eigenvalue weighted by Crippen LogP contribution is 2.27. The molecule has 1 heterocycles. The number of anilines is 1. The molecule has 0 atom stereocenters. The van der Waals surface area contributed by atoms with Crippen molar-refractivity contribution in [2.24, 2.45) is 0 Å². The predicted molar refractivity (Wildman–Crippen MR) is 84.2 cm³/mol. The van der Waals surface area contributed by atoms with Gasteiger partial charge in [-0.3, -0.25) is 4.79 Å². The molecule has 21 heavy (non-hydrogen) atoms. The van der Waals surface area contributed by atoms with Crippen LogP contribution in [0.1, 0.15) is 19.8 Å². The number of nitrogens with one attached hydrogen (secondary N) is 1. The van der Waals surface area contributed by atoms with Crippen LogP contribution in [0, 0.1) is 0 Å². The molecule has 1 aromatic rings. The molecule has 0 saturated carbocycles. The lowest BCUT2D eigenvalue weighted by Gasteiger charge is -2.31. The molecule has 0 radical (unpaired) electrons. The summed E-state index contributed by atoms with van der Waals surface area (Å²) in [4.78, 5) is 11.1. The summed E-state index contributed by atoms with van der Waals surface area (Å²) in [6, 6.07) is 4.83. The van der Waals surface area contributed by atoms with Crippen LogP contribution in [-0.4, -0.2) is 37.8 Å². The van der Waals surface area contributed by atoms with Crippen molar-refractivity contribution in [3.05, 3.63) is 22.7 Å². The molecule has 0 aromatic heterocycles. The Kier molecular flexibility index (Phi) is 4.90. The zero-order valence-corrected chi connectivity index (χ0v) is 14.1. The van der Waals surface area contributed by atoms with E-state index in [0.29, 0.717) is 30.4 Å². The Hall–Kier alpha value is -1.12. The lowest BCUT2D eigenvalue weighted by atomic mass is 10.1. The van der Waals surface area contributed by atoms with Crippen LogP contribution < -0.4 is 11.1 Å². The number of halogens is 1. The van der Waals surface area contributed by atoms with E-state index in [2.05, 4.69) is 21.2 Å². The van der Waals surface area contributed by atoms with Crippen molar-refractivity contribution in [2.75, 3.05) is 18.8 Å². The van der Waals surface area contributed by atoms with E-state index in [1.165, 1.54) is 17.3 Å². The third-order valence-electron chi connectivity index (χ3n) is 3.45. The molecule has 0 aliphatic carbocycles. The van der Waals surface area contributed by atoms with Crippen LogP contribution in [0.2, 0.25) is 0 Å². The molecule has 1 aliphatic rings. The summed E-state index contributed by atoms with van der Waals surface area (Å²) in [5.74, 6) is -0.0902. The van der Waals surface area contributed by atoms with Crippen molar-refractivity contribution in [2.45, 2.75) is 30.7 Å². The van der Waals surface area contributed by atoms with E-state index in [1.807, 2.05) is 0 Å². The molecule has 0 spiro atoms. The van der Waals surface area contributed by atoms with E-state index in [4.69, 9.17) is 5.73 Å². The van der Waals surface area contributed by atoms with Gasteiger partial charge in [0.05, 0.1) is 5.69 Å². The molecule has 116 valence electrons. The van der Waals surface area contributed by atoms with Gasteiger partial charge in [0.15, 0.2) is 0 Å². The largest absolute Gasteiger partial charge is 0.398 e. The number of benzene rings is 1. The van der Waals surface area contributed by atoms with Gasteiger partial charge in [-0.05, 0) is 31.0 Å². The van der Waals surface area contributed by atoms with E-state index in [1.54, 1.807) is 12.1 Å². The minimum Gasteiger partial charge on any atom is -0.398 e. The van der Waals surface area contributed by atoms with Gasteiger partial charge in [-0.2, -0.15) is 4.31 Å². The maximum Gasteiger partial charge on any atom is 0.245 e. The number of nitrogen functional groups attached to an aromatic ring is 1. The Balaban J connectivity index is 2.15. The molecule has 2 rings (SSSR count). The summed E-state index contributed by atoms with van der Waals surface area (Å²) in [5, 5.41) is 2.82. The first kappa shape index (κ1) is 16.3. The summed E-state index contributed by atoms with van der Waals surface area (Å²) in [5.41, 5.74) is 6.03. The molecule has 8 heteroatoms. The second kappa shape index (κ2) is 6.33. The summed E-state index contributed by atoms with van der Waals surface area (Å²) in [7, 11) is -3.60. The predicted octanol–water partition coefficient (Wildman–Crippen LogP) is 1.32. The molecule has 0 unspecified atom stereocenters. The molecule has 3 N–H and O–H groups in total. The maximum absolute atomic E-state index is 12.6. The number of amides is 1. The van der Waals surface area contributed by atoms with Gasteiger partial charge in [0.25, 0.3) is 0 Å². The molecule has 1 fully saturated rings. The standard InChI is InChI=1S/C13H18BrN3O3S/c1-9(18)16-11-4-6-17(7-5-11)21(19,20)13-8-10(14)2-3-12(13)15/h2-3,8,11H,4-7,15H2,1H3,(H,16,18). The Morgan fingerprint density at radius 3 is 2.57 bits per heavy atom. The van der Waals surface area contributed by atoms with Crippen LogP contribution in [0.3, 0.4) is 0 Å². The number of nitrogens with two attached hydrogens (primary N) is 1. The number of piperidine rings is 1. The first-order valence-corrected chi connectivity index (χ1v) is 8.86. The van der Waals surface area contributed by atoms with Gasteiger partial charge in [-0.1, -0.05) is 15.9 Å². The van der Waals surface area contributed by atoms with Crippen molar-refractivity contribution in [3.8, 4) is 0 Å². The van der Waals surface area contributed by atoms with Crippen LogP contribution in [0.5, 0.6) is 0 Å². The normalized spacial score (nSPS) is 17.6. The fourth-order valence-corrected chi connectivity index (χ4v) is 4.52. The Morgan fingerprint density at radius 2 is 2.00 bits per heavy atom. The number of rotatable bonds is 3. The molecule has 1 amide bonds. The number of hydrogen-bond acceptors (Lipinski definition) is 4.